The molecular weight excluding hydrogens is 338 g/mol. The Bertz CT molecular complexity index is 797. The van der Waals surface area contributed by atoms with E-state index in [1.807, 2.05) is 50.2 Å². The van der Waals surface area contributed by atoms with Crippen molar-refractivity contribution >= 4 is 22.6 Å². The monoisotopic (exact) mass is 367 g/mol. The number of hydrogen-bond acceptors (Lipinski definition) is 3. The zero-order chi connectivity index (χ0) is 19.2. The number of amides is 2. The molecule has 2 atom stereocenters. The summed E-state index contributed by atoms with van der Waals surface area (Å²) in [4.78, 5) is 25.1. The fraction of sp³-hybridized carbons (Fsp3) is 0.455. The van der Waals surface area contributed by atoms with Gasteiger partial charge in [0.15, 0.2) is 0 Å². The summed E-state index contributed by atoms with van der Waals surface area (Å²) in [5, 5.41) is 11.5. The van der Waals surface area contributed by atoms with Crippen LogP contribution in [0.1, 0.15) is 32.3 Å². The largest absolute Gasteiger partial charge is 0.353 e. The highest BCUT2D eigenvalue weighted by molar-refractivity contribution is 5.89. The molecule has 2 amide bonds. The zero-order valence-corrected chi connectivity index (χ0v) is 16.1. The quantitative estimate of drug-likeness (QED) is 0.704. The molecule has 27 heavy (non-hydrogen) atoms. The Balaban J connectivity index is 1.57. The van der Waals surface area contributed by atoms with Gasteiger partial charge >= 0.3 is 0 Å². The number of carbonyl (C=O) groups is 2. The van der Waals surface area contributed by atoms with Gasteiger partial charge in [-0.1, -0.05) is 56.3 Å². The number of carbonyl (C=O) groups excluding carboxylic acids is 2. The first kappa shape index (κ1) is 19.4. The van der Waals surface area contributed by atoms with Gasteiger partial charge in [-0.05, 0) is 41.6 Å². The number of fused-ring (bicyclic) bond motifs is 1. The standard InChI is InChI=1S/C22H29N3O2/c1-15(2)21(22(27)24-14-19-8-5-11-23-19)25-20(26)13-16-9-10-17-6-3-4-7-18(17)12-16/h3-4,6-7,9-10,12,15,19,21,23H,5,8,11,13-14H2,1-2H3,(H,24,27)(H,25,26). The predicted octanol–water partition coefficient (Wildman–Crippen LogP) is 2.39. The van der Waals surface area contributed by atoms with Crippen molar-refractivity contribution in [2.45, 2.75) is 45.2 Å². The van der Waals surface area contributed by atoms with Gasteiger partial charge in [0.25, 0.3) is 0 Å². The molecule has 0 spiro atoms. The van der Waals surface area contributed by atoms with Crippen molar-refractivity contribution in [2.24, 2.45) is 5.92 Å². The lowest BCUT2D eigenvalue weighted by atomic mass is 10.0. The summed E-state index contributed by atoms with van der Waals surface area (Å²) < 4.78 is 0. The molecule has 5 heteroatoms. The number of benzene rings is 2. The van der Waals surface area contributed by atoms with Crippen LogP contribution in [0.3, 0.4) is 0 Å². The number of nitrogens with one attached hydrogen (secondary N) is 3. The minimum absolute atomic E-state index is 0.0297. The maximum atomic E-state index is 12.6. The Hall–Kier alpha value is -2.40. The van der Waals surface area contributed by atoms with E-state index in [0.29, 0.717) is 12.6 Å². The molecule has 3 rings (SSSR count). The van der Waals surface area contributed by atoms with Gasteiger partial charge in [-0.25, -0.2) is 0 Å². The third-order valence-corrected chi connectivity index (χ3v) is 5.13. The van der Waals surface area contributed by atoms with E-state index in [9.17, 15) is 9.59 Å². The lowest BCUT2D eigenvalue weighted by molar-refractivity contribution is -0.129. The second kappa shape index (κ2) is 9.00. The molecule has 2 aromatic carbocycles. The average Bonchev–Trinajstić information content (AvgIpc) is 3.17. The van der Waals surface area contributed by atoms with E-state index >= 15 is 0 Å². The van der Waals surface area contributed by atoms with E-state index in [-0.39, 0.29) is 24.2 Å². The third-order valence-electron chi connectivity index (χ3n) is 5.13. The maximum Gasteiger partial charge on any atom is 0.242 e. The van der Waals surface area contributed by atoms with Gasteiger partial charge in [-0.3, -0.25) is 9.59 Å². The van der Waals surface area contributed by atoms with E-state index < -0.39 is 6.04 Å². The highest BCUT2D eigenvalue weighted by Crippen LogP contribution is 2.16. The van der Waals surface area contributed by atoms with Crippen molar-refractivity contribution < 1.29 is 9.59 Å². The van der Waals surface area contributed by atoms with E-state index in [4.69, 9.17) is 0 Å². The van der Waals surface area contributed by atoms with Crippen LogP contribution in [0.4, 0.5) is 0 Å². The summed E-state index contributed by atoms with van der Waals surface area (Å²) in [6.45, 7) is 5.53. The van der Waals surface area contributed by atoms with Gasteiger partial charge < -0.3 is 16.0 Å². The summed E-state index contributed by atoms with van der Waals surface area (Å²) in [6.07, 6.45) is 2.50. The second-order valence-electron chi connectivity index (χ2n) is 7.69. The Kier molecular flexibility index (Phi) is 6.45. The third kappa shape index (κ3) is 5.30. The SMILES string of the molecule is CC(C)C(NC(=O)Cc1ccc2ccccc2c1)C(=O)NCC1CCCN1. The van der Waals surface area contributed by atoms with Crippen molar-refractivity contribution in [1.82, 2.24) is 16.0 Å². The highest BCUT2D eigenvalue weighted by Gasteiger charge is 2.25. The molecule has 2 aromatic rings. The van der Waals surface area contributed by atoms with Crippen molar-refractivity contribution in [2.75, 3.05) is 13.1 Å². The molecule has 1 fully saturated rings. The Morgan fingerprint density at radius 1 is 1.15 bits per heavy atom. The van der Waals surface area contributed by atoms with E-state index in [1.54, 1.807) is 0 Å². The van der Waals surface area contributed by atoms with Crippen LogP contribution in [0, 0.1) is 5.92 Å². The molecule has 1 saturated heterocycles. The molecule has 0 saturated carbocycles. The van der Waals surface area contributed by atoms with E-state index in [0.717, 1.165) is 35.7 Å². The number of rotatable bonds is 7. The summed E-state index contributed by atoms with van der Waals surface area (Å²) in [7, 11) is 0. The molecule has 5 nitrogen and oxygen atoms in total. The first-order valence-electron chi connectivity index (χ1n) is 9.81. The van der Waals surface area contributed by atoms with Crippen LogP contribution in [-0.2, 0) is 16.0 Å². The average molecular weight is 367 g/mol. The zero-order valence-electron chi connectivity index (χ0n) is 16.1. The van der Waals surface area contributed by atoms with Crippen LogP contribution in [0.15, 0.2) is 42.5 Å². The van der Waals surface area contributed by atoms with Gasteiger partial charge in [0.1, 0.15) is 6.04 Å². The van der Waals surface area contributed by atoms with Crippen LogP contribution < -0.4 is 16.0 Å². The molecule has 0 bridgehead atoms. The van der Waals surface area contributed by atoms with Crippen LogP contribution in [0.5, 0.6) is 0 Å². The second-order valence-corrected chi connectivity index (χ2v) is 7.69. The van der Waals surface area contributed by atoms with Gasteiger partial charge in [-0.2, -0.15) is 0 Å². The fourth-order valence-electron chi connectivity index (χ4n) is 3.56. The van der Waals surface area contributed by atoms with Crippen molar-refractivity contribution in [3.05, 3.63) is 48.0 Å². The Morgan fingerprint density at radius 2 is 1.93 bits per heavy atom. The first-order chi connectivity index (χ1) is 13.0. The predicted molar refractivity (Wildman–Crippen MR) is 108 cm³/mol. The van der Waals surface area contributed by atoms with Crippen LogP contribution in [0.25, 0.3) is 10.8 Å². The summed E-state index contributed by atoms with van der Waals surface area (Å²) in [5.74, 6) is -0.203. The molecule has 1 aliphatic heterocycles. The lowest BCUT2D eigenvalue weighted by Crippen LogP contribution is -2.52. The van der Waals surface area contributed by atoms with Crippen molar-refractivity contribution in [1.29, 1.82) is 0 Å². The maximum absolute atomic E-state index is 12.6. The molecular formula is C22H29N3O2. The molecule has 1 heterocycles. The molecule has 0 aliphatic carbocycles. The Morgan fingerprint density at radius 3 is 2.63 bits per heavy atom. The fourth-order valence-corrected chi connectivity index (χ4v) is 3.56. The summed E-state index contributed by atoms with van der Waals surface area (Å²) >= 11 is 0. The van der Waals surface area contributed by atoms with E-state index in [2.05, 4.69) is 22.0 Å². The molecule has 2 unspecified atom stereocenters. The summed E-state index contributed by atoms with van der Waals surface area (Å²) in [6, 6.07) is 13.9. The van der Waals surface area contributed by atoms with Crippen LogP contribution >= 0.6 is 0 Å². The van der Waals surface area contributed by atoms with Gasteiger partial charge in [0, 0.05) is 12.6 Å². The molecule has 144 valence electrons. The van der Waals surface area contributed by atoms with Gasteiger partial charge in [0.2, 0.25) is 11.8 Å². The minimum Gasteiger partial charge on any atom is -0.353 e. The van der Waals surface area contributed by atoms with Crippen molar-refractivity contribution in [3.63, 3.8) is 0 Å². The molecule has 0 radical (unpaired) electrons. The van der Waals surface area contributed by atoms with E-state index in [1.165, 1.54) is 0 Å². The minimum atomic E-state index is -0.514. The normalized spacial score (nSPS) is 17.8. The number of hydrogen-bond donors (Lipinski definition) is 3. The molecule has 3 N–H and O–H groups in total. The van der Waals surface area contributed by atoms with Crippen molar-refractivity contribution in [3.8, 4) is 0 Å². The summed E-state index contributed by atoms with van der Waals surface area (Å²) in [5.41, 5.74) is 0.948. The molecule has 0 aromatic heterocycles. The lowest BCUT2D eigenvalue weighted by Gasteiger charge is -2.23. The van der Waals surface area contributed by atoms with Gasteiger partial charge in [-0.15, -0.1) is 0 Å². The Labute approximate surface area is 160 Å². The topological polar surface area (TPSA) is 70.2 Å². The smallest absolute Gasteiger partial charge is 0.242 e. The van der Waals surface area contributed by atoms with Crippen LogP contribution in [0.2, 0.25) is 0 Å². The highest BCUT2D eigenvalue weighted by atomic mass is 16.2. The first-order valence-corrected chi connectivity index (χ1v) is 9.81. The van der Waals surface area contributed by atoms with Gasteiger partial charge in [0.05, 0.1) is 6.42 Å². The van der Waals surface area contributed by atoms with Crippen LogP contribution in [-0.4, -0.2) is 37.0 Å². The molecule has 1 aliphatic rings.